The van der Waals surface area contributed by atoms with E-state index in [2.05, 4.69) is 59.6 Å². The summed E-state index contributed by atoms with van der Waals surface area (Å²) in [5, 5.41) is 17.9. The summed E-state index contributed by atoms with van der Waals surface area (Å²) in [6, 6.07) is 0. The minimum Gasteiger partial charge on any atom is -0.379 e. The monoisotopic (exact) mass is 1810 g/mol. The summed E-state index contributed by atoms with van der Waals surface area (Å²) in [6.07, 6.45) is 64.0. The fourth-order valence-corrected chi connectivity index (χ4v) is 15.1. The molecule has 748 valence electrons. The molecule has 6 N–H and O–H groups in total. The van der Waals surface area contributed by atoms with E-state index in [-0.39, 0.29) is 91.9 Å². The Bertz CT molecular complexity index is 2400. The Morgan fingerprint density at radius 3 is 0.661 bits per heavy atom. The number of hydrogen-bond acceptors (Lipinski definition) is 19. The molecule has 0 aromatic heterocycles. The van der Waals surface area contributed by atoms with Gasteiger partial charge in [-0.2, -0.15) is 0 Å². The quantitative estimate of drug-likeness (QED) is 0.0243. The lowest BCUT2D eigenvalue weighted by Gasteiger charge is -2.17. The molecule has 0 aromatic rings. The van der Waals surface area contributed by atoms with Crippen molar-refractivity contribution < 1.29 is 90.5 Å². The van der Waals surface area contributed by atoms with E-state index in [4.69, 9.17) is 52.1 Å². The van der Waals surface area contributed by atoms with Crippen LogP contribution in [-0.4, -0.2) is 225 Å². The number of amides is 6. The van der Waals surface area contributed by atoms with Crippen LogP contribution in [0.4, 0.5) is 0 Å². The van der Waals surface area contributed by atoms with Crippen molar-refractivity contribution in [1.29, 1.82) is 0 Å². The second-order valence-corrected chi connectivity index (χ2v) is 35.0. The molecule has 0 aliphatic heterocycles. The molecule has 25 heteroatoms. The van der Waals surface area contributed by atoms with Crippen LogP contribution in [0.15, 0.2) is 0 Å². The van der Waals surface area contributed by atoms with Gasteiger partial charge in [0, 0.05) is 116 Å². The van der Waals surface area contributed by atoms with Crippen molar-refractivity contribution in [3.63, 3.8) is 0 Å². The summed E-state index contributed by atoms with van der Waals surface area (Å²) < 4.78 is 61.8. The molecule has 6 amide bonds. The smallest absolute Gasteiger partial charge is 0.225 e. The van der Waals surface area contributed by atoms with Crippen LogP contribution in [0.3, 0.4) is 0 Å². The number of unbranched alkanes of at least 4 members (excludes halogenated alkanes) is 42. The predicted molar refractivity (Wildman–Crippen MR) is 514 cm³/mol. The van der Waals surface area contributed by atoms with E-state index in [1.807, 2.05) is 0 Å². The standard InChI is InChI=1S/C102H196N6O19/c1-5-9-13-17-21-25-29-33-37-41-45-58-95(109)90-93(56-49-51-64-103-97(111)60-47-43-39-35-31-27-23-19-15-11-7-3)101(115)107-68-55-71-119-75-80-122-79-74-117-69-53-66-105-99(113)62-72-120-77-82-123-84-86-125-87-85-124-83-78-121-73-63-100(114)106-67-54-70-118-76-81-126-88-89-127-92-108-102(116)94(91-96(110)59-46-42-38-34-30-26-22-18-14-10-6-2)57-50-52-65-104-98(112)61-48-44-40-36-32-28-24-20-16-12-8-4/h93-94H,5-92H2,1-4H3,(H,103,111)(H,104,112)(H,105,113)(H,106,114)(H,107,115)(H,108,116)/t93-,94-/m0/s1. The first-order valence-electron chi connectivity index (χ1n) is 52.5. The van der Waals surface area contributed by atoms with Crippen molar-refractivity contribution in [3.8, 4) is 0 Å². The first-order chi connectivity index (χ1) is 62.5. The molecule has 0 radical (unpaired) electrons. The summed E-state index contributed by atoms with van der Waals surface area (Å²) in [4.78, 5) is 103. The van der Waals surface area contributed by atoms with Gasteiger partial charge >= 0.3 is 0 Å². The molecule has 0 saturated heterocycles. The van der Waals surface area contributed by atoms with Crippen LogP contribution in [-0.2, 0) is 90.5 Å². The van der Waals surface area contributed by atoms with E-state index < -0.39 is 5.92 Å². The Morgan fingerprint density at radius 1 is 0.181 bits per heavy atom. The van der Waals surface area contributed by atoms with E-state index in [0.717, 1.165) is 89.9 Å². The highest BCUT2D eigenvalue weighted by molar-refractivity contribution is 5.87. The van der Waals surface area contributed by atoms with Gasteiger partial charge in [0.1, 0.15) is 18.3 Å². The van der Waals surface area contributed by atoms with Gasteiger partial charge in [0.05, 0.1) is 119 Å². The number of ketones is 2. The minimum atomic E-state index is -0.433. The van der Waals surface area contributed by atoms with E-state index in [1.165, 1.54) is 218 Å². The maximum atomic E-state index is 13.4. The topological polar surface area (TPSA) is 310 Å². The predicted octanol–water partition coefficient (Wildman–Crippen LogP) is 20.1. The normalized spacial score (nSPS) is 11.9. The molecular formula is C102H196N6O19. The first-order valence-corrected chi connectivity index (χ1v) is 52.5. The average Bonchev–Trinajstić information content (AvgIpc) is 0.923. The molecule has 0 unspecified atom stereocenters. The molecule has 25 nitrogen and oxygen atoms in total. The Labute approximate surface area is 774 Å². The van der Waals surface area contributed by atoms with Crippen LogP contribution < -0.4 is 31.9 Å². The molecule has 2 atom stereocenters. The van der Waals surface area contributed by atoms with Gasteiger partial charge in [0.25, 0.3) is 0 Å². The molecule has 0 heterocycles. The lowest BCUT2D eigenvalue weighted by Crippen LogP contribution is -2.34. The highest BCUT2D eigenvalue weighted by Crippen LogP contribution is 2.22. The van der Waals surface area contributed by atoms with Crippen molar-refractivity contribution in [2.75, 3.05) is 178 Å². The second kappa shape index (κ2) is 104. The molecular weight excluding hydrogens is 1610 g/mol. The summed E-state index contributed by atoms with van der Waals surface area (Å²) >= 11 is 0. The third kappa shape index (κ3) is 97.6. The van der Waals surface area contributed by atoms with Gasteiger partial charge in [0.2, 0.25) is 35.4 Å². The fraction of sp³-hybridized carbons (Fsp3) is 0.922. The van der Waals surface area contributed by atoms with Gasteiger partial charge in [-0.3, -0.25) is 38.4 Å². The number of ether oxygens (including phenoxy) is 11. The van der Waals surface area contributed by atoms with E-state index >= 15 is 0 Å². The molecule has 0 fully saturated rings. The largest absolute Gasteiger partial charge is 0.379 e. The highest BCUT2D eigenvalue weighted by Gasteiger charge is 2.24. The van der Waals surface area contributed by atoms with Crippen molar-refractivity contribution in [2.45, 2.75) is 419 Å². The van der Waals surface area contributed by atoms with Crippen molar-refractivity contribution in [3.05, 3.63) is 0 Å². The molecule has 0 rings (SSSR count). The number of rotatable bonds is 108. The van der Waals surface area contributed by atoms with Crippen LogP contribution >= 0.6 is 0 Å². The maximum Gasteiger partial charge on any atom is 0.225 e. The zero-order chi connectivity index (χ0) is 92.0. The average molecular weight is 1810 g/mol. The molecule has 0 aliphatic rings. The molecule has 0 saturated carbocycles. The summed E-state index contributed by atoms with van der Waals surface area (Å²) in [5.41, 5.74) is 0. The van der Waals surface area contributed by atoms with Crippen LogP contribution in [0.1, 0.15) is 419 Å². The van der Waals surface area contributed by atoms with E-state index in [0.29, 0.717) is 223 Å². The summed E-state index contributed by atoms with van der Waals surface area (Å²) in [6.45, 7) is 20.0. The molecule has 0 bridgehead atoms. The van der Waals surface area contributed by atoms with Gasteiger partial charge in [-0.25, -0.2) is 0 Å². The van der Waals surface area contributed by atoms with E-state index in [1.54, 1.807) is 0 Å². The summed E-state index contributed by atoms with van der Waals surface area (Å²) in [7, 11) is 0. The third-order valence-electron chi connectivity index (χ3n) is 23.0. The first kappa shape index (κ1) is 123. The Balaban J connectivity index is 3.99. The molecule has 0 aliphatic carbocycles. The van der Waals surface area contributed by atoms with Gasteiger partial charge in [-0.15, -0.1) is 0 Å². The zero-order valence-electron chi connectivity index (χ0n) is 82.1. The molecule has 127 heavy (non-hydrogen) atoms. The number of carbonyl (C=O) groups excluding carboxylic acids is 8. The number of carbonyl (C=O) groups is 8. The minimum absolute atomic E-state index is 0.0310. The lowest BCUT2D eigenvalue weighted by atomic mass is 9.93. The Kier molecular flexibility index (Phi) is 100. The summed E-state index contributed by atoms with van der Waals surface area (Å²) in [5.74, 6) is -0.732. The van der Waals surface area contributed by atoms with Crippen LogP contribution in [0.2, 0.25) is 0 Å². The Morgan fingerprint density at radius 2 is 0.386 bits per heavy atom. The van der Waals surface area contributed by atoms with Crippen LogP contribution in [0, 0.1) is 11.8 Å². The molecule has 0 spiro atoms. The number of Topliss-reactive ketones (excluding diaryl/α,β-unsaturated/α-hetero) is 2. The third-order valence-corrected chi connectivity index (χ3v) is 23.0. The van der Waals surface area contributed by atoms with Gasteiger partial charge < -0.3 is 84.0 Å². The zero-order valence-corrected chi connectivity index (χ0v) is 82.1. The second-order valence-electron chi connectivity index (χ2n) is 35.0. The maximum absolute atomic E-state index is 13.4. The number of nitrogens with one attached hydrogen (secondary N) is 6. The number of hydrogen-bond donors (Lipinski definition) is 6. The van der Waals surface area contributed by atoms with Crippen LogP contribution in [0.5, 0.6) is 0 Å². The van der Waals surface area contributed by atoms with Gasteiger partial charge in [0.15, 0.2) is 0 Å². The van der Waals surface area contributed by atoms with Crippen molar-refractivity contribution >= 4 is 47.0 Å². The SMILES string of the molecule is CCCCCCCCCCCCCC(=O)C[C@H](CCCCNC(=O)CCCCCCCCCCCCC)C(=O)NCCCOCCOCCOCCCNC(=O)CCOCCOCCOCCOCCOCCC(=O)NCCCOCCOCCOCNC(=O)[C@@H](CCCCNC(=O)CCCCCCCCCCCCC)CC(=O)CCCCCCCCCCCCC. The highest BCUT2D eigenvalue weighted by atomic mass is 16.6. The van der Waals surface area contributed by atoms with Gasteiger partial charge in [-0.05, 0) is 70.6 Å². The molecule has 0 aromatic carbocycles. The fourth-order valence-electron chi connectivity index (χ4n) is 15.1. The Hall–Kier alpha value is -4.28. The van der Waals surface area contributed by atoms with Crippen LogP contribution in [0.25, 0.3) is 0 Å². The van der Waals surface area contributed by atoms with Crippen molar-refractivity contribution in [2.24, 2.45) is 11.8 Å². The van der Waals surface area contributed by atoms with E-state index in [9.17, 15) is 38.4 Å². The van der Waals surface area contributed by atoms with Crippen molar-refractivity contribution in [1.82, 2.24) is 31.9 Å². The lowest BCUT2D eigenvalue weighted by molar-refractivity contribution is -0.131. The van der Waals surface area contributed by atoms with Gasteiger partial charge in [-0.1, -0.05) is 297 Å².